The Morgan fingerprint density at radius 1 is 1.43 bits per heavy atom. The van der Waals surface area contributed by atoms with E-state index in [1.54, 1.807) is 31.3 Å². The summed E-state index contributed by atoms with van der Waals surface area (Å²) in [5, 5.41) is 6.80. The number of oxime groups is 1. The van der Waals surface area contributed by atoms with Gasteiger partial charge >= 0.3 is 0 Å². The van der Waals surface area contributed by atoms with Crippen molar-refractivity contribution < 1.29 is 14.4 Å². The molecule has 2 rings (SSSR count). The minimum absolute atomic E-state index is 0.0930. The van der Waals surface area contributed by atoms with Gasteiger partial charge in [0.1, 0.15) is 6.10 Å². The van der Waals surface area contributed by atoms with Crippen molar-refractivity contribution in [1.29, 1.82) is 0 Å². The van der Waals surface area contributed by atoms with E-state index >= 15 is 0 Å². The lowest BCUT2D eigenvalue weighted by Crippen LogP contribution is -2.32. The average molecular weight is 315 g/mol. The molecule has 0 spiro atoms. The Balaban J connectivity index is 1.88. The van der Waals surface area contributed by atoms with Gasteiger partial charge in [-0.05, 0) is 36.8 Å². The summed E-state index contributed by atoms with van der Waals surface area (Å²) in [6, 6.07) is 6.81. The molecular formula is C17H21N3O3. The molecule has 0 aromatic heterocycles. The molecular weight excluding hydrogens is 294 g/mol. The highest BCUT2D eigenvalue weighted by Crippen LogP contribution is 2.15. The van der Waals surface area contributed by atoms with E-state index in [2.05, 4.69) is 17.1 Å². The number of hydrogen-bond donors (Lipinski definition) is 1. The number of likely N-dealkylation sites (N-methyl/N-ethyl adjacent to an activating group) is 1. The van der Waals surface area contributed by atoms with E-state index in [-0.39, 0.29) is 17.9 Å². The average Bonchev–Trinajstić information content (AvgIpc) is 3.06. The molecule has 0 saturated carbocycles. The molecule has 23 heavy (non-hydrogen) atoms. The maximum absolute atomic E-state index is 12.1. The van der Waals surface area contributed by atoms with Gasteiger partial charge < -0.3 is 15.1 Å². The van der Waals surface area contributed by atoms with Gasteiger partial charge in [0, 0.05) is 24.7 Å². The van der Waals surface area contributed by atoms with Gasteiger partial charge in [-0.1, -0.05) is 18.7 Å². The van der Waals surface area contributed by atoms with Crippen molar-refractivity contribution in [2.24, 2.45) is 5.16 Å². The van der Waals surface area contributed by atoms with E-state index in [0.29, 0.717) is 17.8 Å². The summed E-state index contributed by atoms with van der Waals surface area (Å²) < 4.78 is 0. The van der Waals surface area contributed by atoms with Crippen LogP contribution >= 0.6 is 0 Å². The summed E-state index contributed by atoms with van der Waals surface area (Å²) in [6.07, 6.45) is 2.77. The van der Waals surface area contributed by atoms with E-state index in [1.165, 1.54) is 11.0 Å². The Hall–Kier alpha value is -2.63. The molecule has 0 bridgehead atoms. The lowest BCUT2D eigenvalue weighted by molar-refractivity contribution is -0.113. The highest BCUT2D eigenvalue weighted by atomic mass is 16.6. The second-order valence-corrected chi connectivity index (χ2v) is 5.30. The SMILES string of the molecule is C=CC(=O)N(C)c1ccc(C(=O)NCC2CC(CC)=NO2)cc1. The molecule has 2 amide bonds. The largest absolute Gasteiger partial charge is 0.390 e. The zero-order chi connectivity index (χ0) is 16.8. The van der Waals surface area contributed by atoms with E-state index in [1.807, 2.05) is 6.92 Å². The number of nitrogens with zero attached hydrogens (tertiary/aromatic N) is 2. The lowest BCUT2D eigenvalue weighted by Gasteiger charge is -2.15. The normalized spacial score (nSPS) is 16.3. The van der Waals surface area contributed by atoms with Gasteiger partial charge in [0.25, 0.3) is 5.91 Å². The second-order valence-electron chi connectivity index (χ2n) is 5.30. The molecule has 122 valence electrons. The van der Waals surface area contributed by atoms with Gasteiger partial charge in [-0.15, -0.1) is 0 Å². The fourth-order valence-electron chi connectivity index (χ4n) is 2.21. The third-order valence-electron chi connectivity index (χ3n) is 3.71. The van der Waals surface area contributed by atoms with E-state index in [0.717, 1.165) is 18.6 Å². The molecule has 1 unspecified atom stereocenters. The van der Waals surface area contributed by atoms with Crippen LogP contribution in [0.1, 0.15) is 30.1 Å². The molecule has 1 aliphatic rings. The number of carbonyl (C=O) groups excluding carboxylic acids is 2. The molecule has 1 heterocycles. The van der Waals surface area contributed by atoms with Crippen LogP contribution in [0.5, 0.6) is 0 Å². The van der Waals surface area contributed by atoms with Crippen molar-refractivity contribution in [2.75, 3.05) is 18.5 Å². The quantitative estimate of drug-likeness (QED) is 0.817. The molecule has 0 fully saturated rings. The summed E-state index contributed by atoms with van der Waals surface area (Å²) in [7, 11) is 1.65. The molecule has 1 aliphatic heterocycles. The third-order valence-corrected chi connectivity index (χ3v) is 3.71. The Kier molecular flexibility index (Phi) is 5.51. The number of amides is 2. The predicted octanol–water partition coefficient (Wildman–Crippen LogP) is 2.12. The fraction of sp³-hybridized carbons (Fsp3) is 0.353. The summed E-state index contributed by atoms with van der Waals surface area (Å²) in [5.74, 6) is -0.380. The minimum Gasteiger partial charge on any atom is -0.390 e. The number of carbonyl (C=O) groups is 2. The second kappa shape index (κ2) is 7.58. The zero-order valence-corrected chi connectivity index (χ0v) is 13.4. The number of anilines is 1. The maximum atomic E-state index is 12.1. The first-order valence-electron chi connectivity index (χ1n) is 7.55. The van der Waals surface area contributed by atoms with Crippen molar-refractivity contribution in [2.45, 2.75) is 25.9 Å². The van der Waals surface area contributed by atoms with Gasteiger partial charge in [0.05, 0.1) is 12.3 Å². The van der Waals surface area contributed by atoms with E-state index in [4.69, 9.17) is 4.84 Å². The van der Waals surface area contributed by atoms with Crippen LogP contribution in [0.3, 0.4) is 0 Å². The zero-order valence-electron chi connectivity index (χ0n) is 13.4. The summed E-state index contributed by atoms with van der Waals surface area (Å²) >= 11 is 0. The van der Waals surface area contributed by atoms with Crippen molar-refractivity contribution >= 4 is 23.2 Å². The van der Waals surface area contributed by atoms with Crippen molar-refractivity contribution in [1.82, 2.24) is 5.32 Å². The first kappa shape index (κ1) is 16.7. The van der Waals surface area contributed by atoms with Gasteiger partial charge in [-0.3, -0.25) is 9.59 Å². The van der Waals surface area contributed by atoms with Crippen LogP contribution in [0.15, 0.2) is 42.1 Å². The number of hydrogen-bond acceptors (Lipinski definition) is 4. The molecule has 0 aliphatic carbocycles. The van der Waals surface area contributed by atoms with E-state index in [9.17, 15) is 9.59 Å². The van der Waals surface area contributed by atoms with Crippen LogP contribution in [0, 0.1) is 0 Å². The molecule has 1 aromatic carbocycles. The van der Waals surface area contributed by atoms with Crippen LogP contribution in [-0.2, 0) is 9.63 Å². The molecule has 0 saturated heterocycles. The standard InChI is InChI=1S/C17H21N3O3/c1-4-13-10-15(23-19-13)11-18-17(22)12-6-8-14(9-7-12)20(3)16(21)5-2/h5-9,15H,2,4,10-11H2,1,3H3,(H,18,22). The number of nitrogens with one attached hydrogen (secondary N) is 1. The van der Waals surface area contributed by atoms with Gasteiger partial charge in [-0.25, -0.2) is 0 Å². The van der Waals surface area contributed by atoms with Crippen LogP contribution < -0.4 is 10.2 Å². The molecule has 1 atom stereocenters. The smallest absolute Gasteiger partial charge is 0.251 e. The topological polar surface area (TPSA) is 71.0 Å². The van der Waals surface area contributed by atoms with Crippen molar-refractivity contribution in [3.05, 3.63) is 42.5 Å². The monoisotopic (exact) mass is 315 g/mol. The Morgan fingerprint density at radius 2 is 2.13 bits per heavy atom. The first-order chi connectivity index (χ1) is 11.0. The third kappa shape index (κ3) is 4.18. The Morgan fingerprint density at radius 3 is 2.70 bits per heavy atom. The lowest BCUT2D eigenvalue weighted by atomic mass is 10.1. The van der Waals surface area contributed by atoms with Gasteiger partial charge in [0.2, 0.25) is 5.91 Å². The van der Waals surface area contributed by atoms with Crippen LogP contribution in [0.4, 0.5) is 5.69 Å². The Labute approximate surface area is 135 Å². The van der Waals surface area contributed by atoms with Gasteiger partial charge in [0.15, 0.2) is 0 Å². The predicted molar refractivity (Wildman–Crippen MR) is 89.6 cm³/mol. The van der Waals surface area contributed by atoms with Crippen molar-refractivity contribution in [3.8, 4) is 0 Å². The fourth-order valence-corrected chi connectivity index (χ4v) is 2.21. The Bertz CT molecular complexity index is 622. The van der Waals surface area contributed by atoms with Crippen LogP contribution in [0.2, 0.25) is 0 Å². The molecule has 0 radical (unpaired) electrons. The molecule has 1 aromatic rings. The molecule has 6 heteroatoms. The number of benzene rings is 1. The molecule has 6 nitrogen and oxygen atoms in total. The summed E-state index contributed by atoms with van der Waals surface area (Å²) in [6.45, 7) is 5.90. The van der Waals surface area contributed by atoms with Gasteiger partial charge in [-0.2, -0.15) is 0 Å². The summed E-state index contributed by atoms with van der Waals surface area (Å²) in [5.41, 5.74) is 2.25. The highest BCUT2D eigenvalue weighted by Gasteiger charge is 2.20. The summed E-state index contributed by atoms with van der Waals surface area (Å²) in [4.78, 5) is 30.4. The molecule has 1 N–H and O–H groups in total. The minimum atomic E-state index is -0.202. The number of rotatable bonds is 6. The van der Waals surface area contributed by atoms with Crippen LogP contribution in [-0.4, -0.2) is 37.2 Å². The first-order valence-corrected chi connectivity index (χ1v) is 7.55. The van der Waals surface area contributed by atoms with E-state index < -0.39 is 0 Å². The van der Waals surface area contributed by atoms with Crippen LogP contribution in [0.25, 0.3) is 0 Å². The maximum Gasteiger partial charge on any atom is 0.251 e. The highest BCUT2D eigenvalue weighted by molar-refractivity contribution is 6.01. The van der Waals surface area contributed by atoms with Crippen molar-refractivity contribution in [3.63, 3.8) is 0 Å².